The van der Waals surface area contributed by atoms with E-state index in [0.29, 0.717) is 12.1 Å². The van der Waals surface area contributed by atoms with Gasteiger partial charge in [0.1, 0.15) is 5.69 Å². The molecular formula is C6H3ClF3NO2S. The Kier molecular flexibility index (Phi) is 3.01. The third-order valence-corrected chi connectivity index (χ3v) is 2.51. The van der Waals surface area contributed by atoms with Gasteiger partial charge in [0, 0.05) is 10.7 Å². The average molecular weight is 246 g/mol. The molecule has 0 aliphatic carbocycles. The summed E-state index contributed by atoms with van der Waals surface area (Å²) < 4.78 is 58.0. The smallest absolute Gasteiger partial charge is 0.231 e. The number of pyridine rings is 1. The molecule has 0 unspecified atom stereocenters. The average Bonchev–Trinajstić information content (AvgIpc) is 2.02. The van der Waals surface area contributed by atoms with Crippen LogP contribution in [0.2, 0.25) is 0 Å². The molecule has 1 aromatic heterocycles. The van der Waals surface area contributed by atoms with Crippen molar-refractivity contribution in [3.8, 4) is 0 Å². The van der Waals surface area contributed by atoms with Gasteiger partial charge in [-0.15, -0.1) is 0 Å². The van der Waals surface area contributed by atoms with Crippen LogP contribution in [0.1, 0.15) is 12.1 Å². The largest absolute Gasteiger partial charge is 0.283 e. The number of hydrogen-bond donors (Lipinski definition) is 0. The molecular weight excluding hydrogens is 243 g/mol. The molecule has 0 fully saturated rings. The Hall–Kier alpha value is -0.820. The van der Waals surface area contributed by atoms with Crippen molar-refractivity contribution in [2.45, 2.75) is 11.5 Å². The van der Waals surface area contributed by atoms with Crippen molar-refractivity contribution >= 4 is 19.7 Å². The predicted octanol–water partition coefficient (Wildman–Crippen LogP) is 2.09. The van der Waals surface area contributed by atoms with Crippen molar-refractivity contribution in [1.82, 2.24) is 4.98 Å². The Labute approximate surface area is 81.9 Å². The van der Waals surface area contributed by atoms with Gasteiger partial charge in [-0.25, -0.2) is 26.6 Å². The maximum Gasteiger partial charge on any atom is 0.283 e. The summed E-state index contributed by atoms with van der Waals surface area (Å²) in [6.07, 6.45) is -3.19. The van der Waals surface area contributed by atoms with E-state index in [2.05, 4.69) is 4.98 Å². The lowest BCUT2D eigenvalue weighted by Gasteiger charge is -2.01. The number of aromatic nitrogens is 1. The van der Waals surface area contributed by atoms with Crippen LogP contribution in [0.3, 0.4) is 0 Å². The van der Waals surface area contributed by atoms with E-state index >= 15 is 0 Å². The number of alkyl halides is 2. The number of nitrogens with zero attached hydrogens (tertiary/aromatic N) is 1. The Morgan fingerprint density at radius 3 is 2.36 bits per heavy atom. The van der Waals surface area contributed by atoms with Gasteiger partial charge in [0.25, 0.3) is 15.5 Å². The van der Waals surface area contributed by atoms with Crippen LogP contribution in [-0.4, -0.2) is 13.4 Å². The molecule has 1 rings (SSSR count). The van der Waals surface area contributed by atoms with Gasteiger partial charge in [0.2, 0.25) is 0 Å². The molecule has 0 aliphatic rings. The number of hydrogen-bond acceptors (Lipinski definition) is 3. The molecule has 78 valence electrons. The van der Waals surface area contributed by atoms with Gasteiger partial charge >= 0.3 is 0 Å². The molecule has 0 atom stereocenters. The van der Waals surface area contributed by atoms with Crippen molar-refractivity contribution < 1.29 is 21.6 Å². The molecule has 1 aromatic rings. The maximum absolute atomic E-state index is 12.6. The fraction of sp³-hybridized carbons (Fsp3) is 0.167. The van der Waals surface area contributed by atoms with Crippen LogP contribution >= 0.6 is 10.7 Å². The Balaban J connectivity index is 3.34. The van der Waals surface area contributed by atoms with E-state index in [-0.39, 0.29) is 0 Å². The van der Waals surface area contributed by atoms with E-state index in [0.717, 1.165) is 0 Å². The van der Waals surface area contributed by atoms with Crippen molar-refractivity contribution in [2.24, 2.45) is 0 Å². The minimum atomic E-state index is -4.21. The summed E-state index contributed by atoms with van der Waals surface area (Å²) in [5, 5.41) is -0.795. The fourth-order valence-electron chi connectivity index (χ4n) is 0.728. The summed E-state index contributed by atoms with van der Waals surface area (Å²) in [5.74, 6) is -1.27. The van der Waals surface area contributed by atoms with E-state index in [1.54, 1.807) is 0 Å². The van der Waals surface area contributed by atoms with Crippen molar-refractivity contribution in [3.05, 3.63) is 23.6 Å². The van der Waals surface area contributed by atoms with E-state index in [1.165, 1.54) is 0 Å². The molecule has 1 heterocycles. The third kappa shape index (κ3) is 2.36. The first kappa shape index (κ1) is 11.3. The number of halogens is 4. The molecule has 0 aliphatic heterocycles. The van der Waals surface area contributed by atoms with E-state index in [1.807, 2.05) is 0 Å². The molecule has 3 nitrogen and oxygen atoms in total. The van der Waals surface area contributed by atoms with Crippen LogP contribution in [0.15, 0.2) is 17.2 Å². The van der Waals surface area contributed by atoms with Gasteiger partial charge in [0.15, 0.2) is 10.8 Å². The highest BCUT2D eigenvalue weighted by Gasteiger charge is 2.20. The molecule has 0 radical (unpaired) electrons. The fourth-order valence-corrected chi connectivity index (χ4v) is 1.42. The Bertz CT molecular complexity index is 448. The normalized spacial score (nSPS) is 12.1. The highest BCUT2D eigenvalue weighted by Crippen LogP contribution is 2.22. The second kappa shape index (κ2) is 3.74. The third-order valence-electron chi connectivity index (χ3n) is 1.30. The summed E-state index contributed by atoms with van der Waals surface area (Å²) in [6.45, 7) is 0. The minimum Gasteiger partial charge on any atom is -0.231 e. The molecule has 8 heteroatoms. The lowest BCUT2D eigenvalue weighted by molar-refractivity contribution is 0.139. The van der Waals surface area contributed by atoms with Crippen LogP contribution in [-0.2, 0) is 9.05 Å². The molecule has 0 spiro atoms. The van der Waals surface area contributed by atoms with Crippen LogP contribution in [0.25, 0.3) is 0 Å². The van der Waals surface area contributed by atoms with Crippen LogP contribution in [0.4, 0.5) is 13.2 Å². The van der Waals surface area contributed by atoms with Crippen molar-refractivity contribution in [1.29, 1.82) is 0 Å². The molecule has 0 bridgehead atoms. The first-order chi connectivity index (χ1) is 6.32. The SMILES string of the molecule is O=S(=O)(Cl)c1ccc(F)c(C(F)F)n1. The lowest BCUT2D eigenvalue weighted by atomic mass is 10.3. The van der Waals surface area contributed by atoms with Gasteiger partial charge < -0.3 is 0 Å². The van der Waals surface area contributed by atoms with E-state index < -0.39 is 32.0 Å². The lowest BCUT2D eigenvalue weighted by Crippen LogP contribution is -2.02. The van der Waals surface area contributed by atoms with Gasteiger partial charge in [-0.2, -0.15) is 0 Å². The highest BCUT2D eigenvalue weighted by molar-refractivity contribution is 8.13. The standard InChI is InChI=1S/C6H3ClF3NO2S/c7-14(12,13)4-2-1-3(8)5(11-4)6(9)10/h1-2,6H. The minimum absolute atomic E-state index is 0.573. The number of rotatable bonds is 2. The molecule has 0 amide bonds. The van der Waals surface area contributed by atoms with Crippen LogP contribution in [0.5, 0.6) is 0 Å². The first-order valence-electron chi connectivity index (χ1n) is 3.21. The van der Waals surface area contributed by atoms with Crippen molar-refractivity contribution in [3.63, 3.8) is 0 Å². The predicted molar refractivity (Wildman–Crippen MR) is 42.2 cm³/mol. The van der Waals surface area contributed by atoms with Crippen molar-refractivity contribution in [2.75, 3.05) is 0 Å². The zero-order valence-corrected chi connectivity index (χ0v) is 7.99. The molecule has 0 aromatic carbocycles. The first-order valence-corrected chi connectivity index (χ1v) is 5.52. The quantitative estimate of drug-likeness (QED) is 0.750. The highest BCUT2D eigenvalue weighted by atomic mass is 35.7. The van der Waals surface area contributed by atoms with Gasteiger partial charge in [0.05, 0.1) is 0 Å². The summed E-state index contributed by atoms with van der Waals surface area (Å²) in [5.41, 5.74) is -1.23. The summed E-state index contributed by atoms with van der Waals surface area (Å²) in [6, 6.07) is 1.29. The maximum atomic E-state index is 12.6. The topological polar surface area (TPSA) is 47.0 Å². The summed E-state index contributed by atoms with van der Waals surface area (Å²) in [7, 11) is 0.615. The van der Waals surface area contributed by atoms with Crippen LogP contribution < -0.4 is 0 Å². The second-order valence-electron chi connectivity index (χ2n) is 2.26. The van der Waals surface area contributed by atoms with Gasteiger partial charge in [-0.05, 0) is 12.1 Å². The van der Waals surface area contributed by atoms with E-state index in [9.17, 15) is 21.6 Å². The molecule has 0 saturated heterocycles. The molecule has 0 saturated carbocycles. The zero-order valence-electron chi connectivity index (χ0n) is 6.42. The second-order valence-corrected chi connectivity index (χ2v) is 4.77. The molecule has 0 N–H and O–H groups in total. The van der Waals surface area contributed by atoms with Gasteiger partial charge in [-0.1, -0.05) is 0 Å². The Morgan fingerprint density at radius 2 is 1.93 bits per heavy atom. The zero-order chi connectivity index (χ0) is 10.9. The van der Waals surface area contributed by atoms with Crippen LogP contribution in [0, 0.1) is 5.82 Å². The van der Waals surface area contributed by atoms with Gasteiger partial charge in [-0.3, -0.25) is 0 Å². The molecule has 14 heavy (non-hydrogen) atoms. The Morgan fingerprint density at radius 1 is 1.36 bits per heavy atom. The monoisotopic (exact) mass is 245 g/mol. The summed E-state index contributed by atoms with van der Waals surface area (Å²) >= 11 is 0. The van der Waals surface area contributed by atoms with E-state index in [4.69, 9.17) is 10.7 Å². The summed E-state index contributed by atoms with van der Waals surface area (Å²) in [4.78, 5) is 2.90.